The molecular formula is C11H15Cl2NOS. The Bertz CT molecular complexity index is 336. The van der Waals surface area contributed by atoms with Crippen LogP contribution in [0.3, 0.4) is 0 Å². The molecule has 1 atom stereocenters. The highest BCUT2D eigenvalue weighted by Crippen LogP contribution is 2.28. The Labute approximate surface area is 110 Å². The Hall–Kier alpha value is 0.0700. The maximum atomic E-state index is 5.92. The maximum absolute atomic E-state index is 5.92. The van der Waals surface area contributed by atoms with E-state index < -0.39 is 0 Å². The van der Waals surface area contributed by atoms with Crippen molar-refractivity contribution in [3.05, 3.63) is 28.2 Å². The monoisotopic (exact) mass is 279 g/mol. The van der Waals surface area contributed by atoms with E-state index in [0.29, 0.717) is 23.2 Å². The van der Waals surface area contributed by atoms with Gasteiger partial charge in [-0.05, 0) is 25.1 Å². The molecule has 2 nitrogen and oxygen atoms in total. The fourth-order valence-electron chi connectivity index (χ4n) is 1.18. The van der Waals surface area contributed by atoms with Gasteiger partial charge in [0, 0.05) is 23.8 Å². The van der Waals surface area contributed by atoms with E-state index in [0.717, 1.165) is 10.6 Å². The van der Waals surface area contributed by atoms with Crippen LogP contribution < -0.4 is 5.73 Å². The molecule has 5 heteroatoms. The van der Waals surface area contributed by atoms with Crippen molar-refractivity contribution < 1.29 is 4.74 Å². The normalized spacial score (nSPS) is 12.8. The van der Waals surface area contributed by atoms with Crippen LogP contribution in [0.25, 0.3) is 0 Å². The van der Waals surface area contributed by atoms with Crippen molar-refractivity contribution in [3.63, 3.8) is 0 Å². The predicted molar refractivity (Wildman–Crippen MR) is 71.7 cm³/mol. The molecule has 16 heavy (non-hydrogen) atoms. The summed E-state index contributed by atoms with van der Waals surface area (Å²) in [5.74, 6) is 0.822. The highest BCUT2D eigenvalue weighted by atomic mass is 35.5. The van der Waals surface area contributed by atoms with E-state index >= 15 is 0 Å². The van der Waals surface area contributed by atoms with Gasteiger partial charge in [0.25, 0.3) is 0 Å². The minimum atomic E-state index is 0.0875. The summed E-state index contributed by atoms with van der Waals surface area (Å²) >= 11 is 13.4. The van der Waals surface area contributed by atoms with Crippen LogP contribution in [0, 0.1) is 0 Å². The molecule has 1 rings (SSSR count). The second kappa shape index (κ2) is 7.41. The highest BCUT2D eigenvalue weighted by molar-refractivity contribution is 7.99. The van der Waals surface area contributed by atoms with Gasteiger partial charge in [-0.3, -0.25) is 0 Å². The fourth-order valence-corrected chi connectivity index (χ4v) is 2.51. The number of halogens is 2. The molecule has 0 fully saturated rings. The Morgan fingerprint density at radius 1 is 1.38 bits per heavy atom. The van der Waals surface area contributed by atoms with Crippen LogP contribution >= 0.6 is 35.0 Å². The molecule has 1 unspecified atom stereocenters. The van der Waals surface area contributed by atoms with Crippen molar-refractivity contribution in [2.24, 2.45) is 5.73 Å². The highest BCUT2D eigenvalue weighted by Gasteiger charge is 2.07. The first-order valence-corrected chi connectivity index (χ1v) is 6.81. The molecule has 90 valence electrons. The number of ether oxygens (including phenoxy) is 1. The van der Waals surface area contributed by atoms with Crippen LogP contribution in [0.5, 0.6) is 0 Å². The van der Waals surface area contributed by atoms with Gasteiger partial charge in [0.2, 0.25) is 0 Å². The molecule has 0 aliphatic carbocycles. The minimum absolute atomic E-state index is 0.0875. The number of hydrogen-bond acceptors (Lipinski definition) is 3. The van der Waals surface area contributed by atoms with E-state index in [2.05, 4.69) is 0 Å². The molecule has 0 heterocycles. The van der Waals surface area contributed by atoms with Crippen LogP contribution in [-0.4, -0.2) is 25.0 Å². The van der Waals surface area contributed by atoms with Crippen molar-refractivity contribution in [2.45, 2.75) is 17.9 Å². The molecule has 1 aromatic rings. The topological polar surface area (TPSA) is 35.2 Å². The van der Waals surface area contributed by atoms with Crippen LogP contribution in [0.4, 0.5) is 0 Å². The summed E-state index contributed by atoms with van der Waals surface area (Å²) in [5.41, 5.74) is 5.59. The molecule has 1 aromatic carbocycles. The summed E-state index contributed by atoms with van der Waals surface area (Å²) in [6.45, 7) is 3.18. The number of hydrogen-bond donors (Lipinski definition) is 1. The van der Waals surface area contributed by atoms with Gasteiger partial charge in [-0.2, -0.15) is 0 Å². The third kappa shape index (κ3) is 4.52. The molecule has 0 aromatic heterocycles. The molecule has 0 aliphatic heterocycles. The van der Waals surface area contributed by atoms with Crippen LogP contribution in [0.1, 0.15) is 6.92 Å². The Morgan fingerprint density at radius 3 is 2.69 bits per heavy atom. The van der Waals surface area contributed by atoms with Gasteiger partial charge >= 0.3 is 0 Å². The van der Waals surface area contributed by atoms with E-state index in [4.69, 9.17) is 33.7 Å². The molecular weight excluding hydrogens is 265 g/mol. The lowest BCUT2D eigenvalue weighted by molar-refractivity contribution is 0.0858. The molecule has 0 spiro atoms. The van der Waals surface area contributed by atoms with Gasteiger partial charge in [-0.1, -0.05) is 23.2 Å². The molecule has 2 N–H and O–H groups in total. The molecule has 0 aliphatic rings. The zero-order valence-electron chi connectivity index (χ0n) is 9.08. The Kier molecular flexibility index (Phi) is 6.54. The summed E-state index contributed by atoms with van der Waals surface area (Å²) in [6, 6.07) is 5.59. The van der Waals surface area contributed by atoms with Crippen LogP contribution in [-0.2, 0) is 4.74 Å². The summed E-state index contributed by atoms with van der Waals surface area (Å²) in [5, 5.41) is 1.15. The SMILES string of the molecule is CCOC(CN)CSc1ccc(Cl)c(Cl)c1. The lowest BCUT2D eigenvalue weighted by atomic mass is 10.4. The van der Waals surface area contributed by atoms with Gasteiger partial charge in [0.15, 0.2) is 0 Å². The minimum Gasteiger partial charge on any atom is -0.376 e. The van der Waals surface area contributed by atoms with E-state index in [1.807, 2.05) is 19.1 Å². The third-order valence-corrected chi connectivity index (χ3v) is 3.86. The largest absolute Gasteiger partial charge is 0.376 e. The van der Waals surface area contributed by atoms with Crippen molar-refractivity contribution in [1.82, 2.24) is 0 Å². The first kappa shape index (κ1) is 14.1. The predicted octanol–water partition coefficient (Wildman–Crippen LogP) is 3.45. The third-order valence-electron chi connectivity index (χ3n) is 1.99. The zero-order valence-corrected chi connectivity index (χ0v) is 11.4. The smallest absolute Gasteiger partial charge is 0.0790 e. The van der Waals surface area contributed by atoms with Gasteiger partial charge in [-0.25, -0.2) is 0 Å². The van der Waals surface area contributed by atoms with Gasteiger partial charge in [0.1, 0.15) is 0 Å². The first-order chi connectivity index (χ1) is 7.67. The number of nitrogens with two attached hydrogens (primary N) is 1. The van der Waals surface area contributed by atoms with Crippen molar-refractivity contribution in [2.75, 3.05) is 18.9 Å². The first-order valence-electron chi connectivity index (χ1n) is 5.07. The Balaban J connectivity index is 2.50. The second-order valence-corrected chi connectivity index (χ2v) is 5.11. The average Bonchev–Trinajstić information content (AvgIpc) is 2.28. The molecule has 0 saturated carbocycles. The van der Waals surface area contributed by atoms with E-state index in [-0.39, 0.29) is 6.10 Å². The van der Waals surface area contributed by atoms with E-state index in [9.17, 15) is 0 Å². The van der Waals surface area contributed by atoms with Crippen molar-refractivity contribution >= 4 is 35.0 Å². The quantitative estimate of drug-likeness (QED) is 0.811. The van der Waals surface area contributed by atoms with Gasteiger partial charge in [0.05, 0.1) is 16.1 Å². The average molecular weight is 280 g/mol. The molecule has 0 saturated heterocycles. The van der Waals surface area contributed by atoms with Gasteiger partial charge in [-0.15, -0.1) is 11.8 Å². The maximum Gasteiger partial charge on any atom is 0.0790 e. The van der Waals surface area contributed by atoms with Crippen LogP contribution in [0.15, 0.2) is 23.1 Å². The lowest BCUT2D eigenvalue weighted by Gasteiger charge is -2.14. The van der Waals surface area contributed by atoms with Crippen LogP contribution in [0.2, 0.25) is 10.0 Å². The number of thioether (sulfide) groups is 1. The van der Waals surface area contributed by atoms with Crippen molar-refractivity contribution in [3.8, 4) is 0 Å². The number of rotatable bonds is 6. The van der Waals surface area contributed by atoms with E-state index in [1.165, 1.54) is 0 Å². The molecule has 0 radical (unpaired) electrons. The standard InChI is InChI=1S/C11H15Cl2NOS/c1-2-15-8(6-14)7-16-9-3-4-10(12)11(13)5-9/h3-5,8H,2,6-7,14H2,1H3. The summed E-state index contributed by atoms with van der Waals surface area (Å²) in [4.78, 5) is 1.08. The fraction of sp³-hybridized carbons (Fsp3) is 0.455. The summed E-state index contributed by atoms with van der Waals surface area (Å²) in [7, 11) is 0. The molecule has 0 amide bonds. The lowest BCUT2D eigenvalue weighted by Crippen LogP contribution is -2.26. The van der Waals surface area contributed by atoms with Gasteiger partial charge < -0.3 is 10.5 Å². The number of benzene rings is 1. The zero-order chi connectivity index (χ0) is 12.0. The van der Waals surface area contributed by atoms with E-state index in [1.54, 1.807) is 17.8 Å². The summed E-state index contributed by atoms with van der Waals surface area (Å²) < 4.78 is 5.46. The Morgan fingerprint density at radius 2 is 2.12 bits per heavy atom. The summed E-state index contributed by atoms with van der Waals surface area (Å²) in [6.07, 6.45) is 0.0875. The van der Waals surface area contributed by atoms with Crippen molar-refractivity contribution in [1.29, 1.82) is 0 Å². The molecule has 0 bridgehead atoms. The second-order valence-electron chi connectivity index (χ2n) is 3.20.